The molecule has 0 aliphatic carbocycles. The molecule has 0 radical (unpaired) electrons. The molecule has 1 saturated heterocycles. The highest BCUT2D eigenvalue weighted by Gasteiger charge is 2.23. The number of quaternary nitrogens is 1. The first kappa shape index (κ1) is 12.3. The monoisotopic (exact) mass is 227 g/mol. The van der Waals surface area contributed by atoms with Crippen LogP contribution in [0, 0.1) is 0 Å². The van der Waals surface area contributed by atoms with Crippen LogP contribution >= 0.6 is 0 Å². The lowest BCUT2D eigenvalue weighted by molar-refractivity contribution is -0.890. The number of nitrogens with zero attached hydrogens (tertiary/aromatic N) is 3. The Kier molecular flexibility index (Phi) is 3.94. The summed E-state index contributed by atoms with van der Waals surface area (Å²) in [5.41, 5.74) is 1.31. The fourth-order valence-electron chi connectivity index (χ4n) is 1.82. The van der Waals surface area contributed by atoms with Crippen molar-refractivity contribution in [2.75, 3.05) is 45.2 Å². The van der Waals surface area contributed by atoms with Crippen molar-refractivity contribution < 1.29 is 16.9 Å². The zero-order chi connectivity index (χ0) is 10.0. The number of hydrogen-bond acceptors (Lipinski definition) is 2. The molecule has 1 aromatic heterocycles. The minimum atomic E-state index is 0. The van der Waals surface area contributed by atoms with Crippen LogP contribution in [0.3, 0.4) is 0 Å². The number of pyridine rings is 1. The third-order valence-electron chi connectivity index (χ3n) is 2.98. The maximum absolute atomic E-state index is 4.04. The number of piperazine rings is 1. The second kappa shape index (κ2) is 4.81. The van der Waals surface area contributed by atoms with Crippen molar-refractivity contribution in [2.24, 2.45) is 0 Å². The lowest BCUT2D eigenvalue weighted by Gasteiger charge is -2.40. The molecule has 0 atom stereocenters. The Bertz CT molecular complexity index is 290. The molecule has 0 aromatic carbocycles. The van der Waals surface area contributed by atoms with Gasteiger partial charge in [0.25, 0.3) is 0 Å². The summed E-state index contributed by atoms with van der Waals surface area (Å²) in [6.45, 7) is 4.75. The van der Waals surface area contributed by atoms with E-state index in [9.17, 15) is 0 Å². The fraction of sp³-hybridized carbons (Fsp3) is 0.545. The first-order valence-electron chi connectivity index (χ1n) is 5.14. The van der Waals surface area contributed by atoms with Crippen LogP contribution in [0.2, 0.25) is 0 Å². The van der Waals surface area contributed by atoms with Crippen LogP contribution in [0.1, 0.15) is 0 Å². The number of rotatable bonds is 1. The molecule has 84 valence electrons. The van der Waals surface area contributed by atoms with Gasteiger partial charge in [-0.3, -0.25) is 4.98 Å². The molecular weight excluding hydrogens is 210 g/mol. The van der Waals surface area contributed by atoms with E-state index in [1.807, 2.05) is 12.4 Å². The summed E-state index contributed by atoms with van der Waals surface area (Å²) in [6, 6.07) is 4.18. The smallest absolute Gasteiger partial charge is 0.0961 e. The molecule has 0 bridgehead atoms. The van der Waals surface area contributed by atoms with Gasteiger partial charge in [0.05, 0.1) is 40.3 Å². The van der Waals surface area contributed by atoms with E-state index >= 15 is 0 Å². The summed E-state index contributed by atoms with van der Waals surface area (Å²) in [5, 5.41) is 0. The molecular formula is C11H18ClN3. The Hall–Kier alpha value is -0.800. The molecule has 0 N–H and O–H groups in total. The summed E-state index contributed by atoms with van der Waals surface area (Å²) in [7, 11) is 4.59. The van der Waals surface area contributed by atoms with Crippen molar-refractivity contribution in [1.82, 2.24) is 4.98 Å². The third-order valence-corrected chi connectivity index (χ3v) is 2.98. The van der Waals surface area contributed by atoms with Gasteiger partial charge in [0.15, 0.2) is 0 Å². The van der Waals surface area contributed by atoms with Crippen molar-refractivity contribution in [3.8, 4) is 0 Å². The zero-order valence-electron chi connectivity index (χ0n) is 9.36. The third kappa shape index (κ3) is 3.08. The summed E-state index contributed by atoms with van der Waals surface area (Å²) < 4.78 is 1.14. The predicted molar refractivity (Wildman–Crippen MR) is 58.3 cm³/mol. The number of aromatic nitrogens is 1. The first-order chi connectivity index (χ1) is 6.67. The first-order valence-corrected chi connectivity index (χ1v) is 5.14. The van der Waals surface area contributed by atoms with E-state index in [4.69, 9.17) is 0 Å². The Morgan fingerprint density at radius 1 is 1.13 bits per heavy atom. The van der Waals surface area contributed by atoms with E-state index in [0.717, 1.165) is 17.6 Å². The van der Waals surface area contributed by atoms with Crippen molar-refractivity contribution in [3.05, 3.63) is 24.5 Å². The van der Waals surface area contributed by atoms with E-state index in [0.29, 0.717) is 0 Å². The summed E-state index contributed by atoms with van der Waals surface area (Å²) in [5.74, 6) is 0. The topological polar surface area (TPSA) is 16.1 Å². The molecule has 1 aliphatic rings. The van der Waals surface area contributed by atoms with Gasteiger partial charge in [-0.2, -0.15) is 0 Å². The van der Waals surface area contributed by atoms with E-state index in [-0.39, 0.29) is 12.4 Å². The maximum atomic E-state index is 4.04. The van der Waals surface area contributed by atoms with Crippen molar-refractivity contribution in [3.63, 3.8) is 0 Å². The van der Waals surface area contributed by atoms with E-state index in [2.05, 4.69) is 36.1 Å². The standard InChI is InChI=1S/C11H18N3.ClH/c1-14(2)9-7-13(8-10-14)11-3-5-12-6-4-11;/h3-6H,7-10H2,1-2H3;1H/q+1;/p-1. The minimum absolute atomic E-state index is 0. The molecule has 0 unspecified atom stereocenters. The van der Waals surface area contributed by atoms with Gasteiger partial charge in [0.2, 0.25) is 0 Å². The zero-order valence-corrected chi connectivity index (χ0v) is 10.1. The Morgan fingerprint density at radius 3 is 2.20 bits per heavy atom. The number of hydrogen-bond donors (Lipinski definition) is 0. The molecule has 4 heteroatoms. The highest BCUT2D eigenvalue weighted by molar-refractivity contribution is 5.44. The highest BCUT2D eigenvalue weighted by Crippen LogP contribution is 2.16. The van der Waals surface area contributed by atoms with Crippen molar-refractivity contribution in [2.45, 2.75) is 0 Å². The normalized spacial score (nSPS) is 19.5. The van der Waals surface area contributed by atoms with E-state index in [1.54, 1.807) is 0 Å². The van der Waals surface area contributed by atoms with Crippen LogP contribution in [0.5, 0.6) is 0 Å². The van der Waals surface area contributed by atoms with Gasteiger partial charge >= 0.3 is 0 Å². The lowest BCUT2D eigenvalue weighted by atomic mass is 10.2. The molecule has 0 saturated carbocycles. The minimum Gasteiger partial charge on any atom is -1.00 e. The average molecular weight is 228 g/mol. The SMILES string of the molecule is C[N+]1(C)CCN(c2ccncc2)CC1.[Cl-]. The van der Waals surface area contributed by atoms with E-state index < -0.39 is 0 Å². The largest absolute Gasteiger partial charge is 1.00 e. The van der Waals surface area contributed by atoms with Gasteiger partial charge in [0, 0.05) is 18.1 Å². The number of likely N-dealkylation sites (N-methyl/N-ethyl adjacent to an activating group) is 1. The summed E-state index contributed by atoms with van der Waals surface area (Å²) in [4.78, 5) is 6.47. The molecule has 1 fully saturated rings. The van der Waals surface area contributed by atoms with Crippen LogP contribution in [-0.4, -0.2) is 49.7 Å². The van der Waals surface area contributed by atoms with Crippen LogP contribution in [0.25, 0.3) is 0 Å². The predicted octanol–water partition coefficient (Wildman–Crippen LogP) is -2.02. The van der Waals surface area contributed by atoms with Crippen LogP contribution in [0.15, 0.2) is 24.5 Å². The second-order valence-electron chi connectivity index (χ2n) is 4.58. The molecule has 15 heavy (non-hydrogen) atoms. The Labute approximate surface area is 97.7 Å². The molecule has 1 aromatic rings. The Balaban J connectivity index is 0.00000112. The number of halogens is 1. The quantitative estimate of drug-likeness (QED) is 0.516. The van der Waals surface area contributed by atoms with Gasteiger partial charge in [-0.1, -0.05) is 0 Å². The second-order valence-corrected chi connectivity index (χ2v) is 4.58. The summed E-state index contributed by atoms with van der Waals surface area (Å²) in [6.07, 6.45) is 3.73. The van der Waals surface area contributed by atoms with Crippen molar-refractivity contribution >= 4 is 5.69 Å². The highest BCUT2D eigenvalue weighted by atomic mass is 35.5. The van der Waals surface area contributed by atoms with Gasteiger partial charge in [0.1, 0.15) is 0 Å². The number of anilines is 1. The van der Waals surface area contributed by atoms with Gasteiger partial charge in [-0.05, 0) is 12.1 Å². The van der Waals surface area contributed by atoms with Crippen LogP contribution in [0.4, 0.5) is 5.69 Å². The molecule has 3 nitrogen and oxygen atoms in total. The van der Waals surface area contributed by atoms with Gasteiger partial charge < -0.3 is 21.8 Å². The maximum Gasteiger partial charge on any atom is 0.0961 e. The Morgan fingerprint density at radius 2 is 1.67 bits per heavy atom. The van der Waals surface area contributed by atoms with Crippen LogP contribution in [-0.2, 0) is 0 Å². The molecule has 0 spiro atoms. The summed E-state index contributed by atoms with van der Waals surface area (Å²) >= 11 is 0. The molecule has 2 rings (SSSR count). The molecule has 0 amide bonds. The van der Waals surface area contributed by atoms with Gasteiger partial charge in [-0.15, -0.1) is 0 Å². The lowest BCUT2D eigenvalue weighted by Crippen LogP contribution is -3.00. The fourth-order valence-corrected chi connectivity index (χ4v) is 1.82. The van der Waals surface area contributed by atoms with Crippen LogP contribution < -0.4 is 17.3 Å². The van der Waals surface area contributed by atoms with Gasteiger partial charge in [-0.25, -0.2) is 0 Å². The molecule has 1 aliphatic heterocycles. The average Bonchev–Trinajstić information content (AvgIpc) is 2.19. The molecule has 2 heterocycles. The van der Waals surface area contributed by atoms with Crippen molar-refractivity contribution in [1.29, 1.82) is 0 Å². The van der Waals surface area contributed by atoms with E-state index in [1.165, 1.54) is 18.8 Å².